The minimum absolute atomic E-state index is 0.147. The molecule has 1 atom stereocenters. The van der Waals surface area contributed by atoms with Crippen molar-refractivity contribution < 1.29 is 19.4 Å². The lowest BCUT2D eigenvalue weighted by molar-refractivity contribution is 0.0378. The zero-order chi connectivity index (χ0) is 26.0. The van der Waals surface area contributed by atoms with Gasteiger partial charge in [0.15, 0.2) is 0 Å². The average Bonchev–Trinajstić information content (AvgIpc) is 2.82. The Morgan fingerprint density at radius 2 is 1.83 bits per heavy atom. The number of anilines is 1. The Morgan fingerprint density at radius 3 is 2.47 bits per heavy atom. The topological polar surface area (TPSA) is 86.2 Å². The highest BCUT2D eigenvalue weighted by atomic mass is 16.5. The van der Waals surface area contributed by atoms with Gasteiger partial charge in [0, 0.05) is 45.5 Å². The molecule has 1 unspecified atom stereocenters. The Kier molecular flexibility index (Phi) is 7.54. The highest BCUT2D eigenvalue weighted by Crippen LogP contribution is 2.42. The van der Waals surface area contributed by atoms with E-state index in [9.17, 15) is 14.7 Å². The molecule has 8 heteroatoms. The molecule has 1 saturated heterocycles. The molecule has 0 spiro atoms. The number of carbonyl (C=O) groups is 2. The van der Waals surface area contributed by atoms with Gasteiger partial charge in [0.1, 0.15) is 11.4 Å². The third kappa shape index (κ3) is 5.64. The number of fused-ring (bicyclic) bond motifs is 1. The van der Waals surface area contributed by atoms with Gasteiger partial charge in [-0.2, -0.15) is 0 Å². The van der Waals surface area contributed by atoms with Crippen molar-refractivity contribution in [3.63, 3.8) is 0 Å². The molecule has 2 aliphatic rings. The van der Waals surface area contributed by atoms with Gasteiger partial charge in [0.2, 0.25) is 0 Å². The van der Waals surface area contributed by atoms with Crippen LogP contribution in [0.25, 0.3) is 0 Å². The predicted octanol–water partition coefficient (Wildman–Crippen LogP) is 4.59. The summed E-state index contributed by atoms with van der Waals surface area (Å²) >= 11 is 0. The summed E-state index contributed by atoms with van der Waals surface area (Å²) in [6.07, 6.45) is 1.43. The van der Waals surface area contributed by atoms with E-state index in [2.05, 4.69) is 53.8 Å². The van der Waals surface area contributed by atoms with E-state index >= 15 is 0 Å². The molecule has 3 heterocycles. The van der Waals surface area contributed by atoms with Gasteiger partial charge in [-0.1, -0.05) is 39.0 Å². The quantitative estimate of drug-likeness (QED) is 0.608. The molecule has 1 aromatic carbocycles. The third-order valence-corrected chi connectivity index (χ3v) is 6.93. The maximum absolute atomic E-state index is 12.5. The molecule has 194 valence electrons. The van der Waals surface area contributed by atoms with Crippen molar-refractivity contribution in [3.05, 3.63) is 58.8 Å². The summed E-state index contributed by atoms with van der Waals surface area (Å²) in [5.74, 6) is 0.354. The van der Waals surface area contributed by atoms with Crippen LogP contribution in [0.2, 0.25) is 0 Å². The Labute approximate surface area is 213 Å². The molecular weight excluding hydrogens is 456 g/mol. The number of carbonyl (C=O) groups excluding carboxylic acids is 1. The monoisotopic (exact) mass is 494 g/mol. The molecule has 1 amide bonds. The van der Waals surface area contributed by atoms with Crippen LogP contribution < -0.4 is 4.90 Å². The number of ether oxygens (including phenoxy) is 1. The van der Waals surface area contributed by atoms with Crippen LogP contribution in [0.15, 0.2) is 36.5 Å². The van der Waals surface area contributed by atoms with Gasteiger partial charge >= 0.3 is 12.1 Å². The predicted molar refractivity (Wildman–Crippen MR) is 139 cm³/mol. The number of hydrogen-bond donors (Lipinski definition) is 1. The highest BCUT2D eigenvalue weighted by Gasteiger charge is 2.38. The van der Waals surface area contributed by atoms with Gasteiger partial charge in [-0.15, -0.1) is 0 Å². The number of aromatic nitrogens is 1. The summed E-state index contributed by atoms with van der Waals surface area (Å²) in [5, 5.41) is 9.74. The molecule has 0 bridgehead atoms. The van der Waals surface area contributed by atoms with E-state index in [4.69, 9.17) is 4.74 Å². The summed E-state index contributed by atoms with van der Waals surface area (Å²) in [5.41, 5.74) is 3.96. The summed E-state index contributed by atoms with van der Waals surface area (Å²) in [4.78, 5) is 35.1. The maximum atomic E-state index is 12.5. The van der Waals surface area contributed by atoms with Crippen molar-refractivity contribution in [1.29, 1.82) is 0 Å². The fourth-order valence-corrected chi connectivity index (χ4v) is 5.38. The van der Waals surface area contributed by atoms with Gasteiger partial charge in [0.05, 0.1) is 12.1 Å². The van der Waals surface area contributed by atoms with Crippen LogP contribution >= 0.6 is 0 Å². The molecule has 0 radical (unpaired) electrons. The molecule has 0 aliphatic carbocycles. The third-order valence-electron chi connectivity index (χ3n) is 6.93. The van der Waals surface area contributed by atoms with Crippen molar-refractivity contribution in [2.24, 2.45) is 5.41 Å². The largest absolute Gasteiger partial charge is 0.465 e. The van der Waals surface area contributed by atoms with Crippen molar-refractivity contribution in [2.45, 2.75) is 59.7 Å². The van der Waals surface area contributed by atoms with E-state index in [1.54, 1.807) is 23.2 Å². The first kappa shape index (κ1) is 25.9. The van der Waals surface area contributed by atoms with Crippen molar-refractivity contribution >= 4 is 17.9 Å². The van der Waals surface area contributed by atoms with Crippen LogP contribution in [-0.4, -0.2) is 70.8 Å². The van der Waals surface area contributed by atoms with Gasteiger partial charge < -0.3 is 19.6 Å². The number of carboxylic acid groups (broad SMARTS) is 1. The van der Waals surface area contributed by atoms with Crippen LogP contribution in [0, 0.1) is 5.41 Å². The summed E-state index contributed by atoms with van der Waals surface area (Å²) in [7, 11) is 0. The molecule has 2 aromatic rings. The maximum Gasteiger partial charge on any atom is 0.407 e. The van der Waals surface area contributed by atoms with Gasteiger partial charge in [-0.05, 0) is 54.5 Å². The Bertz CT molecular complexity index is 1100. The number of hydrogen-bond acceptors (Lipinski definition) is 6. The first-order valence-corrected chi connectivity index (χ1v) is 12.8. The molecule has 1 N–H and O–H groups in total. The summed E-state index contributed by atoms with van der Waals surface area (Å²) in [6.45, 7) is 14.7. The van der Waals surface area contributed by atoms with Crippen LogP contribution in [0.5, 0.6) is 0 Å². The lowest BCUT2D eigenvalue weighted by Gasteiger charge is -2.43. The zero-order valence-corrected chi connectivity index (χ0v) is 22.0. The lowest BCUT2D eigenvalue weighted by atomic mass is 9.77. The first-order chi connectivity index (χ1) is 17.0. The van der Waals surface area contributed by atoms with Crippen LogP contribution in [0.3, 0.4) is 0 Å². The number of rotatable bonds is 5. The lowest BCUT2D eigenvalue weighted by Crippen LogP contribution is -2.47. The minimum Gasteiger partial charge on any atom is -0.465 e. The molecule has 8 nitrogen and oxygen atoms in total. The molecule has 4 rings (SSSR count). The second-order valence-corrected chi connectivity index (χ2v) is 11.1. The molecule has 0 saturated carbocycles. The molecule has 2 aliphatic heterocycles. The van der Waals surface area contributed by atoms with Gasteiger partial charge in [-0.25, -0.2) is 14.6 Å². The molecule has 36 heavy (non-hydrogen) atoms. The van der Waals surface area contributed by atoms with Crippen LogP contribution in [0.4, 0.5) is 10.6 Å². The number of piperazine rings is 1. The van der Waals surface area contributed by atoms with E-state index in [0.29, 0.717) is 17.9 Å². The van der Waals surface area contributed by atoms with Crippen LogP contribution in [-0.2, 0) is 17.7 Å². The smallest absolute Gasteiger partial charge is 0.407 e. The highest BCUT2D eigenvalue weighted by molar-refractivity contribution is 5.94. The number of benzene rings is 1. The minimum atomic E-state index is -0.851. The SMILES string of the molecule is CC(C)OC(=O)c1cccnc1N1CCN(Cc2ccc3c(c2)CCN(C(=O)O)C3C(C)(C)C)CC1. The Balaban J connectivity index is 1.43. The van der Waals surface area contributed by atoms with E-state index in [1.807, 2.05) is 13.8 Å². The molecule has 1 fully saturated rings. The van der Waals surface area contributed by atoms with E-state index in [-0.39, 0.29) is 23.5 Å². The number of amides is 1. The Morgan fingerprint density at radius 1 is 1.11 bits per heavy atom. The second-order valence-electron chi connectivity index (χ2n) is 11.1. The van der Waals surface area contributed by atoms with Gasteiger partial charge in [-0.3, -0.25) is 4.90 Å². The van der Waals surface area contributed by atoms with Crippen molar-refractivity contribution in [3.8, 4) is 0 Å². The molecule has 1 aromatic heterocycles. The molecular formula is C28H38N4O4. The van der Waals surface area contributed by atoms with Gasteiger partial charge in [0.25, 0.3) is 0 Å². The van der Waals surface area contributed by atoms with Crippen molar-refractivity contribution in [1.82, 2.24) is 14.8 Å². The number of esters is 1. The number of pyridine rings is 1. The van der Waals surface area contributed by atoms with Crippen molar-refractivity contribution in [2.75, 3.05) is 37.6 Å². The fraction of sp³-hybridized carbons (Fsp3) is 0.536. The van der Waals surface area contributed by atoms with Crippen LogP contribution in [0.1, 0.15) is 67.7 Å². The van der Waals surface area contributed by atoms with E-state index < -0.39 is 6.09 Å². The Hall–Kier alpha value is -3.13. The fourth-order valence-electron chi connectivity index (χ4n) is 5.38. The summed E-state index contributed by atoms with van der Waals surface area (Å²) < 4.78 is 5.41. The zero-order valence-electron chi connectivity index (χ0n) is 22.0. The number of nitrogens with zero attached hydrogens (tertiary/aromatic N) is 4. The normalized spacial score (nSPS) is 18.8. The first-order valence-electron chi connectivity index (χ1n) is 12.8. The van der Waals surface area contributed by atoms with E-state index in [1.165, 1.54) is 11.1 Å². The second kappa shape index (κ2) is 10.5. The standard InChI is InChI=1S/C28H38N4O4/c1-19(2)36-26(33)23-7-6-11-29-25(23)31-15-13-30(14-16-31)18-20-8-9-22-21(17-20)10-12-32(27(34)35)24(22)28(3,4)5/h6-9,11,17,19,24H,10,12-16,18H2,1-5H3,(H,34,35). The van der Waals surface area contributed by atoms with E-state index in [0.717, 1.165) is 44.7 Å². The average molecular weight is 495 g/mol. The summed E-state index contributed by atoms with van der Waals surface area (Å²) in [6, 6.07) is 9.94.